The van der Waals surface area contributed by atoms with Gasteiger partial charge in [-0.15, -0.1) is 22.9 Å². The third kappa shape index (κ3) is 2.46. The summed E-state index contributed by atoms with van der Waals surface area (Å²) in [6, 6.07) is 0. The third-order valence-electron chi connectivity index (χ3n) is 1.27. The van der Waals surface area contributed by atoms with Crippen molar-refractivity contribution in [2.24, 2.45) is 0 Å². The maximum absolute atomic E-state index is 10.8. The number of aromatic nitrogens is 1. The molecule has 1 aromatic heterocycles. The smallest absolute Gasteiger partial charge is 0.311 e. The summed E-state index contributed by atoms with van der Waals surface area (Å²) in [7, 11) is 1.36. The van der Waals surface area contributed by atoms with E-state index in [1.54, 1.807) is 0 Å². The van der Waals surface area contributed by atoms with Gasteiger partial charge in [0.15, 0.2) is 0 Å². The van der Waals surface area contributed by atoms with E-state index in [1.807, 2.05) is 5.38 Å². The highest BCUT2D eigenvalue weighted by Crippen LogP contribution is 2.12. The second-order valence-corrected chi connectivity index (χ2v) is 3.33. The van der Waals surface area contributed by atoms with Crippen LogP contribution in [0.1, 0.15) is 10.7 Å². The lowest BCUT2D eigenvalue weighted by atomic mass is 10.3. The summed E-state index contributed by atoms with van der Waals surface area (Å²) >= 11 is 6.99. The predicted molar refractivity (Wildman–Crippen MR) is 47.4 cm³/mol. The summed E-state index contributed by atoms with van der Waals surface area (Å²) in [6.45, 7) is 0. The Morgan fingerprint density at radius 1 is 1.83 bits per heavy atom. The lowest BCUT2D eigenvalue weighted by Crippen LogP contribution is -2.04. The van der Waals surface area contributed by atoms with Crippen LogP contribution in [0, 0.1) is 0 Å². The van der Waals surface area contributed by atoms with Crippen molar-refractivity contribution in [2.45, 2.75) is 12.3 Å². The number of rotatable bonds is 3. The van der Waals surface area contributed by atoms with Crippen LogP contribution in [0.5, 0.6) is 0 Å². The number of hydrogen-bond acceptors (Lipinski definition) is 4. The van der Waals surface area contributed by atoms with Crippen LogP contribution in [-0.2, 0) is 21.8 Å². The topological polar surface area (TPSA) is 39.2 Å². The lowest BCUT2D eigenvalue weighted by molar-refractivity contribution is -0.139. The molecule has 1 aromatic rings. The zero-order chi connectivity index (χ0) is 8.97. The third-order valence-corrected chi connectivity index (χ3v) is 2.58. The molecule has 0 radical (unpaired) electrons. The molecule has 0 aliphatic heterocycles. The minimum Gasteiger partial charge on any atom is -0.469 e. The molecule has 0 aliphatic carbocycles. The number of hydrogen-bond donors (Lipinski definition) is 0. The number of ether oxygens (including phenoxy) is 1. The highest BCUT2D eigenvalue weighted by Gasteiger charge is 2.06. The monoisotopic (exact) mass is 205 g/mol. The van der Waals surface area contributed by atoms with Gasteiger partial charge >= 0.3 is 5.97 Å². The minimum absolute atomic E-state index is 0.226. The van der Waals surface area contributed by atoms with E-state index in [0.717, 1.165) is 10.7 Å². The van der Waals surface area contributed by atoms with Crippen molar-refractivity contribution >= 4 is 28.9 Å². The van der Waals surface area contributed by atoms with Crippen molar-refractivity contribution in [3.8, 4) is 0 Å². The van der Waals surface area contributed by atoms with E-state index in [-0.39, 0.29) is 12.4 Å². The molecule has 0 saturated carbocycles. The standard InChI is InChI=1S/C7H8ClNO2S/c1-11-7(10)2-5-4-12-6(3-8)9-5/h4H,2-3H2,1H3. The van der Waals surface area contributed by atoms with E-state index >= 15 is 0 Å². The van der Waals surface area contributed by atoms with Crippen LogP contribution in [0.4, 0.5) is 0 Å². The fraction of sp³-hybridized carbons (Fsp3) is 0.429. The molecule has 5 heteroatoms. The first-order valence-corrected chi connectivity index (χ1v) is 4.73. The maximum atomic E-state index is 10.8. The highest BCUT2D eigenvalue weighted by molar-refractivity contribution is 7.09. The summed E-state index contributed by atoms with van der Waals surface area (Å²) in [5.41, 5.74) is 0.725. The van der Waals surface area contributed by atoms with Gasteiger partial charge in [0.05, 0.1) is 25.1 Å². The second kappa shape index (κ2) is 4.42. The normalized spacial score (nSPS) is 9.83. The average molecular weight is 206 g/mol. The van der Waals surface area contributed by atoms with E-state index in [9.17, 15) is 4.79 Å². The first-order chi connectivity index (χ1) is 5.76. The van der Waals surface area contributed by atoms with E-state index in [4.69, 9.17) is 11.6 Å². The van der Waals surface area contributed by atoms with Crippen molar-refractivity contribution < 1.29 is 9.53 Å². The number of carbonyl (C=O) groups is 1. The SMILES string of the molecule is COC(=O)Cc1csc(CCl)n1. The molecule has 0 N–H and O–H groups in total. The van der Waals surface area contributed by atoms with E-state index in [1.165, 1.54) is 18.4 Å². The highest BCUT2D eigenvalue weighted by atomic mass is 35.5. The van der Waals surface area contributed by atoms with Crippen LogP contribution >= 0.6 is 22.9 Å². The number of methoxy groups -OCH3 is 1. The Kier molecular flexibility index (Phi) is 3.49. The summed E-state index contributed by atoms with van der Waals surface area (Å²) in [5, 5.41) is 2.64. The Morgan fingerprint density at radius 3 is 3.08 bits per heavy atom. The van der Waals surface area contributed by atoms with Gasteiger partial charge in [-0.2, -0.15) is 0 Å². The van der Waals surface area contributed by atoms with Gasteiger partial charge in [0, 0.05) is 5.38 Å². The van der Waals surface area contributed by atoms with Crippen LogP contribution in [0.3, 0.4) is 0 Å². The van der Waals surface area contributed by atoms with Crippen molar-refractivity contribution in [1.82, 2.24) is 4.98 Å². The van der Waals surface area contributed by atoms with Gasteiger partial charge in [-0.25, -0.2) is 4.98 Å². The maximum Gasteiger partial charge on any atom is 0.311 e. The molecule has 0 saturated heterocycles. The van der Waals surface area contributed by atoms with Gasteiger partial charge in [0.2, 0.25) is 0 Å². The van der Waals surface area contributed by atoms with Crippen LogP contribution < -0.4 is 0 Å². The molecule has 12 heavy (non-hydrogen) atoms. The summed E-state index contributed by atoms with van der Waals surface area (Å²) < 4.78 is 4.49. The molecule has 3 nitrogen and oxygen atoms in total. The zero-order valence-electron chi connectivity index (χ0n) is 6.54. The predicted octanol–water partition coefficient (Wildman–Crippen LogP) is 1.60. The van der Waals surface area contributed by atoms with Crippen molar-refractivity contribution in [3.63, 3.8) is 0 Å². The van der Waals surface area contributed by atoms with Crippen LogP contribution in [0.25, 0.3) is 0 Å². The zero-order valence-corrected chi connectivity index (χ0v) is 8.11. The first kappa shape index (κ1) is 9.48. The molecule has 0 bridgehead atoms. The fourth-order valence-corrected chi connectivity index (χ4v) is 1.60. The fourth-order valence-electron chi connectivity index (χ4n) is 0.712. The summed E-state index contributed by atoms with van der Waals surface area (Å²) in [4.78, 5) is 14.9. The number of esters is 1. The molecule has 1 rings (SSSR count). The molecule has 0 atom stereocenters. The average Bonchev–Trinajstić information content (AvgIpc) is 2.52. The van der Waals surface area contributed by atoms with Gasteiger partial charge in [-0.05, 0) is 0 Å². The van der Waals surface area contributed by atoms with Gasteiger partial charge in [0.25, 0.3) is 0 Å². The summed E-state index contributed by atoms with van der Waals surface area (Å²) in [6.07, 6.45) is 0.226. The Morgan fingerprint density at radius 2 is 2.58 bits per heavy atom. The molecule has 0 aromatic carbocycles. The van der Waals surface area contributed by atoms with E-state index in [2.05, 4.69) is 9.72 Å². The Balaban J connectivity index is 2.58. The number of carbonyl (C=O) groups excluding carboxylic acids is 1. The van der Waals surface area contributed by atoms with Crippen molar-refractivity contribution in [2.75, 3.05) is 7.11 Å². The van der Waals surface area contributed by atoms with Gasteiger partial charge in [0.1, 0.15) is 5.01 Å². The molecule has 0 spiro atoms. The van der Waals surface area contributed by atoms with Crippen LogP contribution in [-0.4, -0.2) is 18.1 Å². The second-order valence-electron chi connectivity index (χ2n) is 2.12. The van der Waals surface area contributed by atoms with Gasteiger partial charge < -0.3 is 4.74 Å². The quantitative estimate of drug-likeness (QED) is 0.556. The summed E-state index contributed by atoms with van der Waals surface area (Å²) in [5.74, 6) is 0.118. The lowest BCUT2D eigenvalue weighted by Gasteiger charge is -1.93. The van der Waals surface area contributed by atoms with Gasteiger partial charge in [-0.3, -0.25) is 4.79 Å². The number of nitrogens with zero attached hydrogens (tertiary/aromatic N) is 1. The molecule has 1 heterocycles. The van der Waals surface area contributed by atoms with Crippen LogP contribution in [0.2, 0.25) is 0 Å². The number of halogens is 1. The molecule has 66 valence electrons. The molecule has 0 fully saturated rings. The van der Waals surface area contributed by atoms with Gasteiger partial charge in [-0.1, -0.05) is 0 Å². The first-order valence-electron chi connectivity index (χ1n) is 3.32. The molecule has 0 unspecified atom stereocenters. The van der Waals surface area contributed by atoms with Crippen molar-refractivity contribution in [3.05, 3.63) is 16.1 Å². The van der Waals surface area contributed by atoms with E-state index in [0.29, 0.717) is 5.88 Å². The molecule has 0 aliphatic rings. The van der Waals surface area contributed by atoms with E-state index < -0.39 is 0 Å². The molecular weight excluding hydrogens is 198 g/mol. The Labute approximate surface area is 79.3 Å². The molecular formula is C7H8ClNO2S. The number of thiazole rings is 1. The Bertz CT molecular complexity index is 274. The largest absolute Gasteiger partial charge is 0.469 e. The van der Waals surface area contributed by atoms with Crippen molar-refractivity contribution in [1.29, 1.82) is 0 Å². The minimum atomic E-state index is -0.276. The number of alkyl halides is 1. The molecule has 0 amide bonds. The van der Waals surface area contributed by atoms with Crippen LogP contribution in [0.15, 0.2) is 5.38 Å². The Hall–Kier alpha value is -0.610.